The van der Waals surface area contributed by atoms with Crippen LogP contribution in [0.1, 0.15) is 17.5 Å². The van der Waals surface area contributed by atoms with Crippen molar-refractivity contribution in [3.05, 3.63) is 47.8 Å². The van der Waals surface area contributed by atoms with E-state index in [2.05, 4.69) is 5.10 Å². The van der Waals surface area contributed by atoms with Gasteiger partial charge in [0, 0.05) is 12.1 Å². The van der Waals surface area contributed by atoms with Crippen molar-refractivity contribution >= 4 is 11.6 Å². The number of rotatable bonds is 4. The maximum absolute atomic E-state index is 12.4. The van der Waals surface area contributed by atoms with Gasteiger partial charge in [-0.15, -0.1) is 11.6 Å². The number of alkyl halides is 4. The molecule has 1 aromatic heterocycles. The van der Waals surface area contributed by atoms with Crippen LogP contribution in [-0.4, -0.2) is 15.7 Å². The van der Waals surface area contributed by atoms with E-state index in [9.17, 15) is 13.2 Å². The van der Waals surface area contributed by atoms with Crippen LogP contribution in [0.3, 0.4) is 0 Å². The number of benzene rings is 1. The molecule has 2 aromatic rings. The summed E-state index contributed by atoms with van der Waals surface area (Å²) in [4.78, 5) is 0. The first-order valence-corrected chi connectivity index (χ1v) is 6.31. The second-order valence-corrected chi connectivity index (χ2v) is 4.51. The zero-order valence-corrected chi connectivity index (χ0v) is 10.7. The minimum atomic E-state index is -4.31. The predicted octanol–water partition coefficient (Wildman–Crippen LogP) is 4.06. The fourth-order valence-corrected chi connectivity index (χ4v) is 1.84. The summed E-state index contributed by atoms with van der Waals surface area (Å²) in [6, 6.07) is 4.91. The Morgan fingerprint density at radius 3 is 2.42 bits per heavy atom. The van der Waals surface area contributed by atoms with Crippen molar-refractivity contribution in [2.24, 2.45) is 0 Å². The molecule has 0 aliphatic carbocycles. The van der Waals surface area contributed by atoms with Crippen molar-refractivity contribution in [1.82, 2.24) is 9.78 Å². The van der Waals surface area contributed by atoms with Crippen LogP contribution in [0, 0.1) is 0 Å². The highest BCUT2D eigenvalue weighted by Gasteiger charge is 2.29. The summed E-state index contributed by atoms with van der Waals surface area (Å²) >= 11 is 5.60. The van der Waals surface area contributed by atoms with Gasteiger partial charge in [-0.2, -0.15) is 18.3 Å². The molecule has 0 spiro atoms. The van der Waals surface area contributed by atoms with Crippen molar-refractivity contribution in [2.45, 2.75) is 19.0 Å². The van der Waals surface area contributed by atoms with Crippen LogP contribution in [0.5, 0.6) is 0 Å². The van der Waals surface area contributed by atoms with Crippen LogP contribution in [0.25, 0.3) is 5.69 Å². The number of aromatic nitrogens is 2. The van der Waals surface area contributed by atoms with Gasteiger partial charge < -0.3 is 0 Å². The Morgan fingerprint density at radius 1 is 1.16 bits per heavy atom. The lowest BCUT2D eigenvalue weighted by Gasteiger charge is -2.07. The molecule has 0 bridgehead atoms. The fourth-order valence-electron chi connectivity index (χ4n) is 1.70. The number of aryl methyl sites for hydroxylation is 1. The third-order valence-electron chi connectivity index (χ3n) is 2.69. The molecule has 102 valence electrons. The van der Waals surface area contributed by atoms with Gasteiger partial charge in [0.05, 0.1) is 17.4 Å². The van der Waals surface area contributed by atoms with Gasteiger partial charge in [-0.1, -0.05) is 0 Å². The molecule has 0 fully saturated rings. The Morgan fingerprint density at radius 2 is 1.84 bits per heavy atom. The quantitative estimate of drug-likeness (QED) is 0.776. The normalized spacial score (nSPS) is 11.8. The van der Waals surface area contributed by atoms with Crippen LogP contribution in [0.4, 0.5) is 13.2 Å². The van der Waals surface area contributed by atoms with E-state index < -0.39 is 11.7 Å². The van der Waals surface area contributed by atoms with E-state index >= 15 is 0 Å². The summed E-state index contributed by atoms with van der Waals surface area (Å²) in [5, 5.41) is 4.12. The molecule has 1 heterocycles. The maximum atomic E-state index is 12.4. The highest BCUT2D eigenvalue weighted by atomic mass is 35.5. The largest absolute Gasteiger partial charge is 0.416 e. The fraction of sp³-hybridized carbons (Fsp3) is 0.308. The average molecular weight is 289 g/mol. The van der Waals surface area contributed by atoms with Gasteiger partial charge >= 0.3 is 6.18 Å². The van der Waals surface area contributed by atoms with E-state index in [0.29, 0.717) is 11.6 Å². The first-order valence-electron chi connectivity index (χ1n) is 5.78. The Labute approximate surface area is 113 Å². The zero-order chi connectivity index (χ0) is 13.9. The van der Waals surface area contributed by atoms with Crippen LogP contribution in [0.15, 0.2) is 36.7 Å². The van der Waals surface area contributed by atoms with E-state index in [1.165, 1.54) is 12.1 Å². The van der Waals surface area contributed by atoms with Crippen molar-refractivity contribution < 1.29 is 13.2 Å². The molecule has 0 unspecified atom stereocenters. The van der Waals surface area contributed by atoms with E-state index in [-0.39, 0.29) is 0 Å². The Kier molecular flexibility index (Phi) is 4.14. The standard InChI is InChI=1S/C13H12ClF3N2/c14-7-1-2-10-8-18-19(9-10)12-5-3-11(4-6-12)13(15,16)17/h3-6,8-9H,1-2,7H2. The second-order valence-electron chi connectivity index (χ2n) is 4.13. The molecule has 6 heteroatoms. The summed E-state index contributed by atoms with van der Waals surface area (Å²) in [7, 11) is 0. The summed E-state index contributed by atoms with van der Waals surface area (Å²) in [6.07, 6.45) is 0.845. The van der Waals surface area contributed by atoms with E-state index in [1.54, 1.807) is 17.1 Å². The lowest BCUT2D eigenvalue weighted by molar-refractivity contribution is -0.137. The van der Waals surface area contributed by atoms with Gasteiger partial charge in [-0.25, -0.2) is 4.68 Å². The van der Waals surface area contributed by atoms with E-state index in [4.69, 9.17) is 11.6 Å². The van der Waals surface area contributed by atoms with Gasteiger partial charge in [0.1, 0.15) is 0 Å². The SMILES string of the molecule is FC(F)(F)c1ccc(-n2cc(CCCCl)cn2)cc1. The second kappa shape index (κ2) is 5.65. The maximum Gasteiger partial charge on any atom is 0.416 e. The van der Waals surface area contributed by atoms with Gasteiger partial charge in [-0.3, -0.25) is 0 Å². The number of nitrogens with zero attached hydrogens (tertiary/aromatic N) is 2. The number of hydrogen-bond donors (Lipinski definition) is 0. The monoisotopic (exact) mass is 288 g/mol. The van der Waals surface area contributed by atoms with Gasteiger partial charge in [0.2, 0.25) is 0 Å². The summed E-state index contributed by atoms with van der Waals surface area (Å²) in [5.74, 6) is 0.575. The summed E-state index contributed by atoms with van der Waals surface area (Å²) in [6.45, 7) is 0. The molecule has 0 aliphatic heterocycles. The molecule has 0 amide bonds. The highest BCUT2D eigenvalue weighted by Crippen LogP contribution is 2.29. The molecule has 2 rings (SSSR count). The molecule has 0 aliphatic rings. The van der Waals surface area contributed by atoms with Crippen LogP contribution >= 0.6 is 11.6 Å². The topological polar surface area (TPSA) is 17.8 Å². The minimum absolute atomic E-state index is 0.575. The van der Waals surface area contributed by atoms with Gasteiger partial charge in [-0.05, 0) is 42.7 Å². The molecule has 0 radical (unpaired) electrons. The smallest absolute Gasteiger partial charge is 0.241 e. The Hall–Kier alpha value is -1.49. The highest BCUT2D eigenvalue weighted by molar-refractivity contribution is 6.17. The van der Waals surface area contributed by atoms with Crippen molar-refractivity contribution in [3.63, 3.8) is 0 Å². The molecule has 0 saturated carbocycles. The van der Waals surface area contributed by atoms with E-state index in [1.807, 2.05) is 0 Å². The number of halogens is 4. The molecule has 0 saturated heterocycles. The Balaban J connectivity index is 2.16. The van der Waals surface area contributed by atoms with E-state index in [0.717, 1.165) is 30.5 Å². The van der Waals surface area contributed by atoms with Gasteiger partial charge in [0.15, 0.2) is 0 Å². The van der Waals surface area contributed by atoms with Crippen LogP contribution < -0.4 is 0 Å². The molecule has 0 atom stereocenters. The Bertz CT molecular complexity index is 532. The molecule has 2 nitrogen and oxygen atoms in total. The third-order valence-corrected chi connectivity index (χ3v) is 2.96. The summed E-state index contributed by atoms with van der Waals surface area (Å²) < 4.78 is 38.9. The third kappa shape index (κ3) is 3.50. The summed E-state index contributed by atoms with van der Waals surface area (Å²) in [5.41, 5.74) is 0.955. The first kappa shape index (κ1) is 13.9. The van der Waals surface area contributed by atoms with Crippen molar-refractivity contribution in [3.8, 4) is 5.69 Å². The van der Waals surface area contributed by atoms with Crippen LogP contribution in [-0.2, 0) is 12.6 Å². The predicted molar refractivity (Wildman–Crippen MR) is 67.6 cm³/mol. The zero-order valence-electron chi connectivity index (χ0n) is 9.99. The lowest BCUT2D eigenvalue weighted by atomic mass is 10.2. The lowest BCUT2D eigenvalue weighted by Crippen LogP contribution is -2.05. The van der Waals surface area contributed by atoms with Crippen LogP contribution in [0.2, 0.25) is 0 Å². The molecular weight excluding hydrogens is 277 g/mol. The van der Waals surface area contributed by atoms with Crippen molar-refractivity contribution in [1.29, 1.82) is 0 Å². The molecule has 1 aromatic carbocycles. The average Bonchev–Trinajstić information content (AvgIpc) is 2.84. The van der Waals surface area contributed by atoms with Crippen molar-refractivity contribution in [2.75, 3.05) is 5.88 Å². The number of hydrogen-bond acceptors (Lipinski definition) is 1. The minimum Gasteiger partial charge on any atom is -0.241 e. The molecule has 19 heavy (non-hydrogen) atoms. The first-order chi connectivity index (χ1) is 9.00. The molecule has 0 N–H and O–H groups in total. The molecular formula is C13H12ClF3N2. The van der Waals surface area contributed by atoms with Gasteiger partial charge in [0.25, 0.3) is 0 Å².